The van der Waals surface area contributed by atoms with Crippen molar-refractivity contribution in [3.63, 3.8) is 0 Å². The van der Waals surface area contributed by atoms with Crippen molar-refractivity contribution in [2.45, 2.75) is 34.9 Å². The number of hydrogen-bond donors (Lipinski definition) is 4. The summed E-state index contributed by atoms with van der Waals surface area (Å²) in [7, 11) is 0. The van der Waals surface area contributed by atoms with Crippen LogP contribution < -0.4 is 16.4 Å². The number of aromatic carboxylic acids is 1. The molecule has 0 unspecified atom stereocenters. The fourth-order valence-corrected chi connectivity index (χ4v) is 4.85. The van der Waals surface area contributed by atoms with E-state index in [0.29, 0.717) is 33.5 Å². The summed E-state index contributed by atoms with van der Waals surface area (Å²) >= 11 is 1.08. The van der Waals surface area contributed by atoms with Crippen molar-refractivity contribution in [2.75, 3.05) is 36.8 Å². The molecule has 1 aromatic heterocycles. The lowest BCUT2D eigenvalue weighted by atomic mass is 10.0. The number of nitrogens with zero attached hydrogens (tertiary/aromatic N) is 2. The van der Waals surface area contributed by atoms with Gasteiger partial charge in [-0.2, -0.15) is 13.2 Å². The number of likely N-dealkylation sites (tertiary alicyclic amines) is 1. The molecule has 2 aliphatic rings. The first-order chi connectivity index (χ1) is 14.7. The molecule has 31 heavy (non-hydrogen) atoms. The predicted octanol–water partition coefficient (Wildman–Crippen LogP) is 3.84. The van der Waals surface area contributed by atoms with E-state index in [2.05, 4.69) is 20.5 Å². The van der Waals surface area contributed by atoms with Gasteiger partial charge in [-0.25, -0.2) is 9.78 Å². The zero-order valence-corrected chi connectivity index (χ0v) is 17.3. The standard InChI is InChI=1S/C20H22F3N5O2S/c21-20(22,23)12-8-14(26-13-1-4-28(5-2-13)6-3-24)17-15(9-12)31-16-7-11(19(29)30)10-25-18(16)27-17/h7-10,13,26H,1-6,24H2,(H,25,27)(H,29,30). The largest absolute Gasteiger partial charge is 0.478 e. The number of rotatable bonds is 5. The van der Waals surface area contributed by atoms with Gasteiger partial charge >= 0.3 is 12.1 Å². The fourth-order valence-electron chi connectivity index (χ4n) is 3.78. The summed E-state index contributed by atoms with van der Waals surface area (Å²) in [5.74, 6) is -0.725. The molecule has 0 radical (unpaired) electrons. The van der Waals surface area contributed by atoms with E-state index in [9.17, 15) is 23.1 Å². The maximum atomic E-state index is 13.6. The number of carboxylic acid groups (broad SMARTS) is 1. The number of pyridine rings is 1. The van der Waals surface area contributed by atoms with Gasteiger partial charge in [0.15, 0.2) is 0 Å². The van der Waals surface area contributed by atoms with Crippen molar-refractivity contribution in [1.29, 1.82) is 0 Å². The van der Waals surface area contributed by atoms with Crippen molar-refractivity contribution >= 4 is 34.9 Å². The number of benzene rings is 1. The zero-order valence-electron chi connectivity index (χ0n) is 16.5. The lowest BCUT2D eigenvalue weighted by Gasteiger charge is -2.33. The predicted molar refractivity (Wildman–Crippen MR) is 112 cm³/mol. The molecular formula is C20H22F3N5O2S. The van der Waals surface area contributed by atoms with Gasteiger partial charge in [-0.05, 0) is 31.0 Å². The molecule has 0 aliphatic carbocycles. The van der Waals surface area contributed by atoms with Crippen LogP contribution in [-0.4, -0.2) is 53.2 Å². The molecule has 4 rings (SSSR count). The van der Waals surface area contributed by atoms with Crippen LogP contribution in [0.5, 0.6) is 0 Å². The van der Waals surface area contributed by atoms with Gasteiger partial charge in [0, 0.05) is 43.3 Å². The molecule has 166 valence electrons. The van der Waals surface area contributed by atoms with E-state index < -0.39 is 17.7 Å². The Hall–Kier alpha value is -2.50. The summed E-state index contributed by atoms with van der Waals surface area (Å²) in [6, 6.07) is 3.65. The van der Waals surface area contributed by atoms with Crippen LogP contribution in [0.4, 0.5) is 30.4 Å². The summed E-state index contributed by atoms with van der Waals surface area (Å²) in [4.78, 5) is 18.4. The number of halogens is 3. The van der Waals surface area contributed by atoms with Gasteiger partial charge in [0.2, 0.25) is 0 Å². The highest BCUT2D eigenvalue weighted by molar-refractivity contribution is 7.99. The highest BCUT2D eigenvalue weighted by Gasteiger charge is 2.34. The smallest absolute Gasteiger partial charge is 0.416 e. The van der Waals surface area contributed by atoms with E-state index in [1.165, 1.54) is 12.3 Å². The molecule has 0 spiro atoms. The van der Waals surface area contributed by atoms with Gasteiger partial charge in [0.25, 0.3) is 0 Å². The average molecular weight is 453 g/mol. The lowest BCUT2D eigenvalue weighted by molar-refractivity contribution is -0.137. The molecule has 0 amide bonds. The molecular weight excluding hydrogens is 431 g/mol. The average Bonchev–Trinajstić information content (AvgIpc) is 2.72. The van der Waals surface area contributed by atoms with Crippen molar-refractivity contribution in [3.8, 4) is 0 Å². The minimum atomic E-state index is -4.50. The number of nitrogens with two attached hydrogens (primary N) is 1. The number of alkyl halides is 3. The summed E-state index contributed by atoms with van der Waals surface area (Å²) in [5.41, 5.74) is 5.71. The third-order valence-corrected chi connectivity index (χ3v) is 6.46. The molecule has 3 heterocycles. The quantitative estimate of drug-likeness (QED) is 0.462. The third kappa shape index (κ3) is 4.73. The molecule has 7 nitrogen and oxygen atoms in total. The molecule has 0 bridgehead atoms. The maximum Gasteiger partial charge on any atom is 0.416 e. The first kappa shape index (κ1) is 21.7. The highest BCUT2D eigenvalue weighted by Crippen LogP contribution is 2.49. The Morgan fingerprint density at radius 3 is 2.68 bits per heavy atom. The number of carbonyl (C=O) groups is 1. The second-order valence-electron chi connectivity index (χ2n) is 7.55. The van der Waals surface area contributed by atoms with Crippen LogP contribution >= 0.6 is 11.8 Å². The molecule has 2 aromatic rings. The number of nitrogens with one attached hydrogen (secondary N) is 2. The summed E-state index contributed by atoms with van der Waals surface area (Å²) < 4.78 is 40.7. The van der Waals surface area contributed by atoms with Crippen molar-refractivity contribution in [1.82, 2.24) is 9.88 Å². The van der Waals surface area contributed by atoms with Gasteiger partial charge in [-0.1, -0.05) is 11.8 Å². The van der Waals surface area contributed by atoms with E-state index in [1.807, 2.05) is 0 Å². The maximum absolute atomic E-state index is 13.6. The number of anilines is 3. The van der Waals surface area contributed by atoms with Crippen molar-refractivity contribution < 1.29 is 23.1 Å². The van der Waals surface area contributed by atoms with Crippen LogP contribution in [-0.2, 0) is 6.18 Å². The summed E-state index contributed by atoms with van der Waals surface area (Å²) in [6.45, 7) is 3.06. The number of aromatic nitrogens is 1. The molecule has 0 saturated carbocycles. The van der Waals surface area contributed by atoms with E-state index >= 15 is 0 Å². The number of carboxylic acids is 1. The second-order valence-corrected chi connectivity index (χ2v) is 8.63. The molecule has 0 atom stereocenters. The zero-order chi connectivity index (χ0) is 22.2. The van der Waals surface area contributed by atoms with E-state index in [1.54, 1.807) is 0 Å². The third-order valence-electron chi connectivity index (χ3n) is 5.39. The Balaban J connectivity index is 1.64. The Kier molecular flexibility index (Phi) is 6.00. The van der Waals surface area contributed by atoms with Crippen molar-refractivity contribution in [2.24, 2.45) is 5.73 Å². The Bertz CT molecular complexity index is 994. The number of piperidine rings is 1. The SMILES string of the molecule is NCCN1CCC(Nc2cc(C(F)(F)F)cc3c2Nc2ncc(C(=O)O)cc2S3)CC1. The molecule has 1 fully saturated rings. The lowest BCUT2D eigenvalue weighted by Crippen LogP contribution is -2.41. The monoisotopic (exact) mass is 453 g/mol. The van der Waals surface area contributed by atoms with Crippen LogP contribution in [0.25, 0.3) is 0 Å². The Labute approximate surface area is 181 Å². The molecule has 5 N–H and O–H groups in total. The minimum absolute atomic E-state index is 0.0222. The molecule has 1 saturated heterocycles. The minimum Gasteiger partial charge on any atom is -0.478 e. The van der Waals surface area contributed by atoms with Crippen LogP contribution in [0.2, 0.25) is 0 Å². The van der Waals surface area contributed by atoms with E-state index in [0.717, 1.165) is 56.4 Å². The molecule has 1 aromatic carbocycles. The molecule has 11 heteroatoms. The van der Waals surface area contributed by atoms with Crippen LogP contribution in [0, 0.1) is 0 Å². The van der Waals surface area contributed by atoms with Gasteiger partial charge in [0.1, 0.15) is 5.82 Å². The fraction of sp³-hybridized carbons (Fsp3) is 0.400. The van der Waals surface area contributed by atoms with Crippen LogP contribution in [0.15, 0.2) is 34.2 Å². The van der Waals surface area contributed by atoms with Gasteiger partial charge in [0.05, 0.1) is 27.4 Å². The van der Waals surface area contributed by atoms with Gasteiger partial charge < -0.3 is 26.4 Å². The Morgan fingerprint density at radius 2 is 2.03 bits per heavy atom. The number of hydrogen-bond acceptors (Lipinski definition) is 7. The summed E-state index contributed by atoms with van der Waals surface area (Å²) in [5, 5.41) is 15.6. The topological polar surface area (TPSA) is 104 Å². The second kappa shape index (κ2) is 8.56. The van der Waals surface area contributed by atoms with E-state index in [-0.39, 0.29) is 11.6 Å². The normalized spacial score (nSPS) is 16.9. The molecule has 2 aliphatic heterocycles. The van der Waals surface area contributed by atoms with Crippen LogP contribution in [0.1, 0.15) is 28.8 Å². The first-order valence-corrected chi connectivity index (χ1v) is 10.7. The van der Waals surface area contributed by atoms with Gasteiger partial charge in [-0.15, -0.1) is 0 Å². The number of fused-ring (bicyclic) bond motifs is 2. The van der Waals surface area contributed by atoms with Crippen molar-refractivity contribution in [3.05, 3.63) is 35.5 Å². The first-order valence-electron chi connectivity index (χ1n) is 9.87. The van der Waals surface area contributed by atoms with E-state index in [4.69, 9.17) is 5.73 Å². The van der Waals surface area contributed by atoms with Crippen LogP contribution in [0.3, 0.4) is 0 Å². The highest BCUT2D eigenvalue weighted by atomic mass is 32.2. The summed E-state index contributed by atoms with van der Waals surface area (Å²) in [6.07, 6.45) is -1.67. The Morgan fingerprint density at radius 1 is 1.29 bits per heavy atom. The van der Waals surface area contributed by atoms with Gasteiger partial charge in [-0.3, -0.25) is 0 Å².